The van der Waals surface area contributed by atoms with E-state index in [2.05, 4.69) is 27.2 Å². The Hall–Kier alpha value is -3.73. The van der Waals surface area contributed by atoms with Crippen LogP contribution in [0.5, 0.6) is 5.88 Å². The lowest BCUT2D eigenvalue weighted by Crippen LogP contribution is -2.46. The van der Waals surface area contributed by atoms with Crippen LogP contribution in [0, 0.1) is 12.8 Å². The Bertz CT molecular complexity index is 1640. The van der Waals surface area contributed by atoms with Gasteiger partial charge in [0.25, 0.3) is 5.91 Å². The lowest BCUT2D eigenvalue weighted by Gasteiger charge is -2.31. The van der Waals surface area contributed by atoms with Crippen LogP contribution in [0.15, 0.2) is 59.7 Å². The van der Waals surface area contributed by atoms with E-state index in [1.54, 1.807) is 30.0 Å². The van der Waals surface area contributed by atoms with Crippen LogP contribution >= 0.6 is 11.6 Å². The molecule has 1 aromatic carbocycles. The molecule has 43 heavy (non-hydrogen) atoms. The fourth-order valence-corrected chi connectivity index (χ4v) is 6.23. The number of aryl methyl sites for hydroxylation is 1. The van der Waals surface area contributed by atoms with Crippen LogP contribution in [0.4, 0.5) is 0 Å². The molecule has 11 heteroatoms. The Labute approximate surface area is 255 Å². The van der Waals surface area contributed by atoms with Gasteiger partial charge < -0.3 is 14.8 Å². The van der Waals surface area contributed by atoms with Crippen molar-refractivity contribution < 1.29 is 14.3 Å². The zero-order valence-electron chi connectivity index (χ0n) is 24.5. The monoisotopic (exact) mass is 604 g/mol. The lowest BCUT2D eigenvalue weighted by atomic mass is 9.85. The number of pyridine rings is 2. The number of amides is 1. The average molecular weight is 605 g/mol. The van der Waals surface area contributed by atoms with Gasteiger partial charge in [0, 0.05) is 31.4 Å². The van der Waals surface area contributed by atoms with Crippen molar-refractivity contribution in [2.24, 2.45) is 5.92 Å². The van der Waals surface area contributed by atoms with Crippen LogP contribution in [0.1, 0.15) is 41.7 Å². The number of carbonyl (C=O) groups excluding carboxylic acids is 1. The average Bonchev–Trinajstić information content (AvgIpc) is 3.29. The highest BCUT2D eigenvalue weighted by Gasteiger charge is 2.26. The number of aromatic nitrogens is 4. The van der Waals surface area contributed by atoms with Gasteiger partial charge in [-0.05, 0) is 69.8 Å². The fraction of sp³-hybridized carbons (Fsp3) is 0.438. The number of fused-ring (bicyclic) bond motifs is 1. The van der Waals surface area contributed by atoms with Crippen LogP contribution in [0.3, 0.4) is 0 Å². The zero-order valence-corrected chi connectivity index (χ0v) is 25.3. The largest absolute Gasteiger partial charge is 0.476 e. The Morgan fingerprint density at radius 2 is 1.88 bits per heavy atom. The minimum atomic E-state index is -0.143. The molecule has 2 aliphatic rings. The highest BCUT2D eigenvalue weighted by atomic mass is 35.5. The minimum absolute atomic E-state index is 0.0815. The number of hydrogen-bond donors (Lipinski definition) is 1. The van der Waals surface area contributed by atoms with Crippen LogP contribution in [-0.4, -0.2) is 75.4 Å². The number of nitrogens with zero attached hydrogens (tertiary/aromatic N) is 5. The maximum Gasteiger partial charge on any atom is 0.333 e. The number of ether oxygens (including phenoxy) is 2. The van der Waals surface area contributed by atoms with E-state index in [0.717, 1.165) is 49.9 Å². The summed E-state index contributed by atoms with van der Waals surface area (Å²) in [6.07, 6.45) is 6.78. The Morgan fingerprint density at radius 3 is 2.63 bits per heavy atom. The fourth-order valence-electron chi connectivity index (χ4n) is 6.07. The molecule has 1 atom stereocenters. The number of para-hydroxylation sites is 2. The summed E-state index contributed by atoms with van der Waals surface area (Å²) in [4.78, 5) is 37.6. The summed E-state index contributed by atoms with van der Waals surface area (Å²) < 4.78 is 15.1. The molecule has 0 bridgehead atoms. The van der Waals surface area contributed by atoms with Crippen molar-refractivity contribution >= 4 is 28.5 Å². The van der Waals surface area contributed by atoms with E-state index in [-0.39, 0.29) is 23.7 Å². The van der Waals surface area contributed by atoms with Crippen molar-refractivity contribution in [1.29, 1.82) is 0 Å². The molecule has 226 valence electrons. The molecule has 6 rings (SSSR count). The highest BCUT2D eigenvalue weighted by molar-refractivity contribution is 6.30. The van der Waals surface area contributed by atoms with E-state index in [1.165, 1.54) is 0 Å². The minimum Gasteiger partial charge on any atom is -0.476 e. The lowest BCUT2D eigenvalue weighted by molar-refractivity contribution is -0.0113. The number of halogens is 1. The smallest absolute Gasteiger partial charge is 0.333 e. The molecule has 1 saturated carbocycles. The molecule has 0 unspecified atom stereocenters. The summed E-state index contributed by atoms with van der Waals surface area (Å²) in [5.41, 5.74) is 3.52. The van der Waals surface area contributed by atoms with E-state index < -0.39 is 0 Å². The summed E-state index contributed by atoms with van der Waals surface area (Å²) in [7, 11) is 2.07. The first-order valence-corrected chi connectivity index (χ1v) is 15.3. The molecule has 2 fully saturated rings. The molecule has 1 aliphatic heterocycles. The molecule has 1 aliphatic carbocycles. The third kappa shape index (κ3) is 6.46. The van der Waals surface area contributed by atoms with Gasteiger partial charge in [0.05, 0.1) is 58.5 Å². The molecule has 0 spiro atoms. The number of rotatable bonds is 8. The maximum atomic E-state index is 13.8. The van der Waals surface area contributed by atoms with Crippen molar-refractivity contribution in [2.45, 2.75) is 51.2 Å². The summed E-state index contributed by atoms with van der Waals surface area (Å²) >= 11 is 6.06. The summed E-state index contributed by atoms with van der Waals surface area (Å²) in [6.45, 7) is 5.18. The van der Waals surface area contributed by atoms with Crippen molar-refractivity contribution in [3.8, 4) is 11.6 Å². The molecule has 3 aromatic heterocycles. The highest BCUT2D eigenvalue weighted by Crippen LogP contribution is 2.28. The topological polar surface area (TPSA) is 104 Å². The van der Waals surface area contributed by atoms with Gasteiger partial charge in [-0.25, -0.2) is 9.78 Å². The van der Waals surface area contributed by atoms with Crippen LogP contribution in [0.2, 0.25) is 5.02 Å². The van der Waals surface area contributed by atoms with Crippen molar-refractivity contribution in [3.63, 3.8) is 0 Å². The number of benzene rings is 1. The first kappa shape index (κ1) is 29.3. The van der Waals surface area contributed by atoms with Crippen LogP contribution in [0.25, 0.3) is 16.7 Å². The first-order chi connectivity index (χ1) is 20.9. The number of likely N-dealkylation sites (N-methyl/N-ethyl adjacent to an activating group) is 1. The summed E-state index contributed by atoms with van der Waals surface area (Å²) in [5, 5.41) is 3.60. The SMILES string of the molecule is Cc1ncc(Cl)cc1C(=O)NC1CCC(Cn2c(=O)n(-c3ccc(OC[C@H]4COCCN4C)nc3)c3ccccc32)CC1. The van der Waals surface area contributed by atoms with Crippen LogP contribution in [-0.2, 0) is 11.3 Å². The van der Waals surface area contributed by atoms with Gasteiger partial charge in [-0.1, -0.05) is 23.7 Å². The normalized spacial score (nSPS) is 21.1. The number of morpholine rings is 1. The van der Waals surface area contributed by atoms with E-state index in [1.807, 2.05) is 41.0 Å². The molecule has 1 N–H and O–H groups in total. The van der Waals surface area contributed by atoms with Crippen molar-refractivity contribution in [3.05, 3.63) is 81.6 Å². The van der Waals surface area contributed by atoms with E-state index in [9.17, 15) is 9.59 Å². The van der Waals surface area contributed by atoms with Gasteiger partial charge in [-0.2, -0.15) is 0 Å². The first-order valence-electron chi connectivity index (χ1n) is 14.9. The quantitative estimate of drug-likeness (QED) is 0.321. The van der Waals surface area contributed by atoms with Gasteiger partial charge >= 0.3 is 5.69 Å². The van der Waals surface area contributed by atoms with E-state index in [4.69, 9.17) is 21.1 Å². The Balaban J connectivity index is 1.12. The van der Waals surface area contributed by atoms with Gasteiger partial charge in [-0.3, -0.25) is 23.8 Å². The van der Waals surface area contributed by atoms with Gasteiger partial charge in [0.1, 0.15) is 6.61 Å². The standard InChI is InChI=1S/C32H37ClN6O4/c1-21-27(15-23(33)16-34-21)31(40)36-24-9-7-22(8-10-24)18-38-28-5-3-4-6-29(28)39(32(38)41)25-11-12-30(35-17-25)43-20-26-19-42-14-13-37(26)2/h3-6,11-12,15-17,22,24,26H,7-10,13-14,18-20H2,1-2H3,(H,36,40)/t22?,24?,26-/m1/s1. The molecule has 1 amide bonds. The predicted octanol–water partition coefficient (Wildman–Crippen LogP) is 4.24. The molecule has 0 radical (unpaired) electrons. The third-order valence-electron chi connectivity index (χ3n) is 8.68. The number of carbonyl (C=O) groups is 1. The molecular formula is C32H37ClN6O4. The number of imidazole rings is 1. The Morgan fingerprint density at radius 1 is 1.09 bits per heavy atom. The van der Waals surface area contributed by atoms with Gasteiger partial charge in [0.15, 0.2) is 0 Å². The third-order valence-corrected chi connectivity index (χ3v) is 8.89. The molecular weight excluding hydrogens is 568 g/mol. The van der Waals surface area contributed by atoms with E-state index >= 15 is 0 Å². The second-order valence-corrected chi connectivity index (χ2v) is 12.0. The second-order valence-electron chi connectivity index (χ2n) is 11.6. The van der Waals surface area contributed by atoms with Crippen LogP contribution < -0.4 is 15.7 Å². The number of nitrogens with one attached hydrogen (secondary N) is 1. The molecule has 4 aromatic rings. The predicted molar refractivity (Wildman–Crippen MR) is 165 cm³/mol. The van der Waals surface area contributed by atoms with Gasteiger partial charge in [-0.15, -0.1) is 0 Å². The van der Waals surface area contributed by atoms with Crippen molar-refractivity contribution in [2.75, 3.05) is 33.4 Å². The Kier molecular flexibility index (Phi) is 8.78. The maximum absolute atomic E-state index is 13.8. The van der Waals surface area contributed by atoms with Crippen molar-refractivity contribution in [1.82, 2.24) is 29.3 Å². The molecule has 4 heterocycles. The second kappa shape index (κ2) is 12.9. The number of hydrogen-bond acceptors (Lipinski definition) is 7. The molecule has 1 saturated heterocycles. The summed E-state index contributed by atoms with van der Waals surface area (Å²) in [5.74, 6) is 0.705. The van der Waals surface area contributed by atoms with Gasteiger partial charge in [0.2, 0.25) is 5.88 Å². The molecule has 10 nitrogen and oxygen atoms in total. The summed E-state index contributed by atoms with van der Waals surface area (Å²) in [6, 6.07) is 13.5. The van der Waals surface area contributed by atoms with E-state index in [0.29, 0.717) is 53.5 Å². The zero-order chi connectivity index (χ0) is 29.9.